The van der Waals surface area contributed by atoms with Crippen LogP contribution in [0, 0.1) is 0 Å². The van der Waals surface area contributed by atoms with E-state index in [0.29, 0.717) is 17.7 Å². The van der Waals surface area contributed by atoms with Crippen molar-refractivity contribution in [1.82, 2.24) is 9.97 Å². The molecule has 4 rings (SSSR count). The van der Waals surface area contributed by atoms with Gasteiger partial charge in [-0.05, 0) is 34.4 Å². The van der Waals surface area contributed by atoms with Gasteiger partial charge in [0.05, 0.1) is 17.5 Å². The molecule has 0 aliphatic rings. The SMILES string of the molecule is FC(F)(F)c1ccc(-c2cnc(Cc3ccc(-c4ccccc4)cc3)[nH]2)cc1. The van der Waals surface area contributed by atoms with Crippen LogP contribution in [0.15, 0.2) is 85.1 Å². The summed E-state index contributed by atoms with van der Waals surface area (Å²) < 4.78 is 38.1. The van der Waals surface area contributed by atoms with Crippen molar-refractivity contribution in [3.8, 4) is 22.4 Å². The van der Waals surface area contributed by atoms with Crippen LogP contribution in [-0.4, -0.2) is 9.97 Å². The molecular weight excluding hydrogens is 361 g/mol. The lowest BCUT2D eigenvalue weighted by atomic mass is 10.0. The van der Waals surface area contributed by atoms with Crippen molar-refractivity contribution in [3.63, 3.8) is 0 Å². The number of hydrogen-bond donors (Lipinski definition) is 1. The molecule has 1 aromatic heterocycles. The predicted octanol–water partition coefficient (Wildman–Crippen LogP) is 6.35. The van der Waals surface area contributed by atoms with Crippen molar-refractivity contribution in [1.29, 1.82) is 0 Å². The lowest BCUT2D eigenvalue weighted by Crippen LogP contribution is -2.03. The molecule has 2 nitrogen and oxygen atoms in total. The number of rotatable bonds is 4. The largest absolute Gasteiger partial charge is 0.416 e. The van der Waals surface area contributed by atoms with Gasteiger partial charge in [-0.2, -0.15) is 13.2 Å². The quantitative estimate of drug-likeness (QED) is 0.440. The average molecular weight is 378 g/mol. The van der Waals surface area contributed by atoms with Crippen LogP contribution in [-0.2, 0) is 12.6 Å². The van der Waals surface area contributed by atoms with Gasteiger partial charge < -0.3 is 4.98 Å². The van der Waals surface area contributed by atoms with Gasteiger partial charge in [-0.1, -0.05) is 66.7 Å². The number of nitrogens with one attached hydrogen (secondary N) is 1. The number of alkyl halides is 3. The number of halogens is 3. The van der Waals surface area contributed by atoms with E-state index >= 15 is 0 Å². The minimum Gasteiger partial charge on any atom is -0.342 e. The predicted molar refractivity (Wildman–Crippen MR) is 104 cm³/mol. The molecule has 1 N–H and O–H groups in total. The van der Waals surface area contributed by atoms with Crippen molar-refractivity contribution >= 4 is 0 Å². The Kier molecular flexibility index (Phi) is 4.74. The van der Waals surface area contributed by atoms with Crippen LogP contribution >= 0.6 is 0 Å². The van der Waals surface area contributed by atoms with Crippen LogP contribution in [0.25, 0.3) is 22.4 Å². The molecular formula is C23H17F3N2. The van der Waals surface area contributed by atoms with Gasteiger partial charge in [-0.15, -0.1) is 0 Å². The van der Waals surface area contributed by atoms with Crippen LogP contribution in [0.5, 0.6) is 0 Å². The molecule has 0 aliphatic heterocycles. The summed E-state index contributed by atoms with van der Waals surface area (Å²) in [5.74, 6) is 0.766. The minimum absolute atomic E-state index is 0.621. The normalized spacial score (nSPS) is 11.5. The molecule has 5 heteroatoms. The van der Waals surface area contributed by atoms with E-state index in [0.717, 1.165) is 34.6 Å². The maximum atomic E-state index is 12.7. The molecule has 0 unspecified atom stereocenters. The molecule has 0 bridgehead atoms. The lowest BCUT2D eigenvalue weighted by molar-refractivity contribution is -0.137. The Morgan fingerprint density at radius 3 is 1.96 bits per heavy atom. The van der Waals surface area contributed by atoms with Crippen molar-refractivity contribution in [3.05, 3.63) is 102 Å². The summed E-state index contributed by atoms with van der Waals surface area (Å²) >= 11 is 0. The topological polar surface area (TPSA) is 28.7 Å². The molecule has 0 aliphatic carbocycles. The van der Waals surface area contributed by atoms with Crippen LogP contribution in [0.1, 0.15) is 17.0 Å². The third-order valence-electron chi connectivity index (χ3n) is 4.58. The smallest absolute Gasteiger partial charge is 0.342 e. The van der Waals surface area contributed by atoms with E-state index in [4.69, 9.17) is 0 Å². The number of benzene rings is 3. The Morgan fingerprint density at radius 1 is 0.714 bits per heavy atom. The highest BCUT2D eigenvalue weighted by atomic mass is 19.4. The summed E-state index contributed by atoms with van der Waals surface area (Å²) in [6, 6.07) is 23.5. The molecule has 0 saturated carbocycles. The van der Waals surface area contributed by atoms with Crippen LogP contribution in [0.2, 0.25) is 0 Å². The van der Waals surface area contributed by atoms with Crippen molar-refractivity contribution in [2.45, 2.75) is 12.6 Å². The fourth-order valence-electron chi connectivity index (χ4n) is 3.08. The number of imidazole rings is 1. The molecule has 4 aromatic rings. The molecule has 0 atom stereocenters. The van der Waals surface area contributed by atoms with Gasteiger partial charge in [-0.3, -0.25) is 0 Å². The molecule has 28 heavy (non-hydrogen) atoms. The average Bonchev–Trinajstić information content (AvgIpc) is 3.17. The van der Waals surface area contributed by atoms with Crippen molar-refractivity contribution in [2.24, 2.45) is 0 Å². The molecule has 0 fully saturated rings. The number of aromatic nitrogens is 2. The summed E-state index contributed by atoms with van der Waals surface area (Å²) in [6.45, 7) is 0. The van der Waals surface area contributed by atoms with E-state index in [1.54, 1.807) is 6.20 Å². The first-order valence-electron chi connectivity index (χ1n) is 8.85. The second-order valence-electron chi connectivity index (χ2n) is 6.56. The molecule has 3 aromatic carbocycles. The van der Waals surface area contributed by atoms with E-state index in [1.807, 2.05) is 18.2 Å². The number of aromatic amines is 1. The lowest BCUT2D eigenvalue weighted by Gasteiger charge is -2.06. The summed E-state index contributed by atoms with van der Waals surface area (Å²) in [7, 11) is 0. The summed E-state index contributed by atoms with van der Waals surface area (Å²) in [6.07, 6.45) is -2.06. The molecule has 0 spiro atoms. The van der Waals surface area contributed by atoms with Gasteiger partial charge in [0.25, 0.3) is 0 Å². The maximum Gasteiger partial charge on any atom is 0.416 e. The van der Waals surface area contributed by atoms with Crippen molar-refractivity contribution in [2.75, 3.05) is 0 Å². The Balaban J connectivity index is 1.48. The number of H-pyrrole nitrogens is 1. The van der Waals surface area contributed by atoms with Gasteiger partial charge >= 0.3 is 6.18 Å². The Hall–Kier alpha value is -3.34. The summed E-state index contributed by atoms with van der Waals surface area (Å²) in [5, 5.41) is 0. The zero-order valence-electron chi connectivity index (χ0n) is 14.9. The first-order chi connectivity index (χ1) is 13.5. The fraction of sp³-hybridized carbons (Fsp3) is 0.0870. The Labute approximate surface area is 160 Å². The van der Waals surface area contributed by atoms with Gasteiger partial charge in [0.15, 0.2) is 0 Å². The molecule has 140 valence electrons. The van der Waals surface area contributed by atoms with Crippen molar-refractivity contribution < 1.29 is 13.2 Å². The third kappa shape index (κ3) is 3.98. The highest BCUT2D eigenvalue weighted by Gasteiger charge is 2.30. The Bertz CT molecular complexity index is 1050. The Morgan fingerprint density at radius 2 is 1.32 bits per heavy atom. The van der Waals surface area contributed by atoms with Gasteiger partial charge in [-0.25, -0.2) is 4.98 Å². The second-order valence-corrected chi connectivity index (χ2v) is 6.56. The zero-order valence-corrected chi connectivity index (χ0v) is 14.9. The third-order valence-corrected chi connectivity index (χ3v) is 4.58. The van der Waals surface area contributed by atoms with E-state index in [-0.39, 0.29) is 0 Å². The standard InChI is InChI=1S/C23H17F3N2/c24-23(25,26)20-12-10-19(11-13-20)21-15-27-22(28-21)14-16-6-8-18(9-7-16)17-4-2-1-3-5-17/h1-13,15H,14H2,(H,27,28). The first-order valence-corrected chi connectivity index (χ1v) is 8.85. The summed E-state index contributed by atoms with van der Waals surface area (Å²) in [4.78, 5) is 7.55. The van der Waals surface area contributed by atoms with Crippen LogP contribution in [0.3, 0.4) is 0 Å². The van der Waals surface area contributed by atoms with Gasteiger partial charge in [0.1, 0.15) is 5.82 Å². The fourth-order valence-corrected chi connectivity index (χ4v) is 3.08. The van der Waals surface area contributed by atoms with E-state index in [9.17, 15) is 13.2 Å². The van der Waals surface area contributed by atoms with Gasteiger partial charge in [0.2, 0.25) is 0 Å². The highest BCUT2D eigenvalue weighted by molar-refractivity contribution is 5.63. The highest BCUT2D eigenvalue weighted by Crippen LogP contribution is 2.30. The van der Waals surface area contributed by atoms with E-state index in [1.165, 1.54) is 12.1 Å². The zero-order chi connectivity index (χ0) is 19.6. The number of nitrogens with zero attached hydrogens (tertiary/aromatic N) is 1. The van der Waals surface area contributed by atoms with Crippen LogP contribution < -0.4 is 0 Å². The summed E-state index contributed by atoms with van der Waals surface area (Å²) in [5.41, 5.74) is 4.13. The maximum absolute atomic E-state index is 12.7. The number of hydrogen-bond acceptors (Lipinski definition) is 1. The van der Waals surface area contributed by atoms with E-state index < -0.39 is 11.7 Å². The monoisotopic (exact) mass is 378 g/mol. The van der Waals surface area contributed by atoms with Crippen LogP contribution in [0.4, 0.5) is 13.2 Å². The molecule has 1 heterocycles. The van der Waals surface area contributed by atoms with Gasteiger partial charge in [0, 0.05) is 6.42 Å². The second kappa shape index (κ2) is 7.35. The molecule has 0 radical (unpaired) electrons. The molecule has 0 saturated heterocycles. The molecule has 0 amide bonds. The van der Waals surface area contributed by atoms with E-state index in [2.05, 4.69) is 46.4 Å². The first kappa shape index (κ1) is 18.0. The minimum atomic E-state index is -4.33.